The van der Waals surface area contributed by atoms with Crippen molar-refractivity contribution in [3.05, 3.63) is 65.7 Å². The van der Waals surface area contributed by atoms with Crippen LogP contribution < -0.4 is 4.90 Å². The lowest BCUT2D eigenvalue weighted by Gasteiger charge is -2.28. The second kappa shape index (κ2) is 5.29. The first-order chi connectivity index (χ1) is 9.77. The van der Waals surface area contributed by atoms with Gasteiger partial charge in [-0.15, -0.1) is 0 Å². The van der Waals surface area contributed by atoms with Gasteiger partial charge in [0.25, 0.3) is 11.7 Å². The summed E-state index contributed by atoms with van der Waals surface area (Å²) in [6.07, 6.45) is 1.85. The number of hydrogen-bond donors (Lipinski definition) is 0. The minimum absolute atomic E-state index is 0.441. The first-order valence-electron chi connectivity index (χ1n) is 6.76. The highest BCUT2D eigenvalue weighted by molar-refractivity contribution is 6.47. The van der Waals surface area contributed by atoms with Crippen molar-refractivity contribution < 1.29 is 9.59 Å². The third kappa shape index (κ3) is 2.23. The minimum atomic E-state index is -0.442. The molecule has 0 unspecified atom stereocenters. The Labute approximate surface area is 117 Å². The standard InChI is InChI=1S/C17H15NO2/c19-16(14-8-2-1-3-9-14)17(20)18-12-6-10-13-7-4-5-11-15(13)18/h1-5,7-9,11H,6,10,12H2. The van der Waals surface area contributed by atoms with Crippen LogP contribution in [-0.2, 0) is 11.2 Å². The first-order valence-corrected chi connectivity index (χ1v) is 6.76. The third-order valence-electron chi connectivity index (χ3n) is 3.59. The van der Waals surface area contributed by atoms with Gasteiger partial charge in [-0.25, -0.2) is 0 Å². The largest absolute Gasteiger partial charge is 0.305 e. The summed E-state index contributed by atoms with van der Waals surface area (Å²) >= 11 is 0. The lowest BCUT2D eigenvalue weighted by molar-refractivity contribution is -0.114. The molecule has 20 heavy (non-hydrogen) atoms. The maximum Gasteiger partial charge on any atom is 0.299 e. The molecule has 0 radical (unpaired) electrons. The van der Waals surface area contributed by atoms with Gasteiger partial charge in [0.15, 0.2) is 0 Å². The van der Waals surface area contributed by atoms with Gasteiger partial charge >= 0.3 is 0 Å². The number of carbonyl (C=O) groups is 2. The van der Waals surface area contributed by atoms with Gasteiger partial charge in [0, 0.05) is 17.8 Å². The number of nitrogens with zero attached hydrogens (tertiary/aromatic N) is 1. The fraction of sp³-hybridized carbons (Fsp3) is 0.176. The van der Waals surface area contributed by atoms with Crippen molar-refractivity contribution in [3.63, 3.8) is 0 Å². The number of hydrogen-bond acceptors (Lipinski definition) is 2. The topological polar surface area (TPSA) is 37.4 Å². The summed E-state index contributed by atoms with van der Waals surface area (Å²) < 4.78 is 0. The van der Waals surface area contributed by atoms with Crippen LogP contribution in [0.25, 0.3) is 0 Å². The van der Waals surface area contributed by atoms with Gasteiger partial charge in [-0.05, 0) is 24.5 Å². The van der Waals surface area contributed by atoms with Crippen LogP contribution in [0.3, 0.4) is 0 Å². The molecule has 1 heterocycles. The van der Waals surface area contributed by atoms with Gasteiger partial charge in [-0.1, -0.05) is 48.5 Å². The Morgan fingerprint density at radius 3 is 2.40 bits per heavy atom. The highest BCUT2D eigenvalue weighted by atomic mass is 16.2. The van der Waals surface area contributed by atoms with E-state index < -0.39 is 11.7 Å². The summed E-state index contributed by atoms with van der Waals surface area (Å²) in [4.78, 5) is 26.3. The molecule has 0 bridgehead atoms. The Kier molecular flexibility index (Phi) is 3.33. The van der Waals surface area contributed by atoms with E-state index in [9.17, 15) is 9.59 Å². The Balaban J connectivity index is 1.91. The van der Waals surface area contributed by atoms with Crippen LogP contribution in [0, 0.1) is 0 Å². The molecule has 3 rings (SSSR count). The van der Waals surface area contributed by atoms with Gasteiger partial charge in [0.05, 0.1) is 0 Å². The molecular formula is C17H15NO2. The number of rotatable bonds is 2. The van der Waals surface area contributed by atoms with Crippen molar-refractivity contribution in [1.29, 1.82) is 0 Å². The van der Waals surface area contributed by atoms with E-state index in [4.69, 9.17) is 0 Å². The zero-order chi connectivity index (χ0) is 13.9. The predicted molar refractivity (Wildman–Crippen MR) is 77.9 cm³/mol. The zero-order valence-electron chi connectivity index (χ0n) is 11.1. The molecule has 1 amide bonds. The number of Topliss-reactive ketones (excluding diaryl/α,β-unsaturated/α-hetero) is 1. The van der Waals surface area contributed by atoms with Crippen LogP contribution >= 0.6 is 0 Å². The van der Waals surface area contributed by atoms with Crippen molar-refractivity contribution in [2.75, 3.05) is 11.4 Å². The summed E-state index contributed by atoms with van der Waals surface area (Å²) in [6, 6.07) is 16.5. The van der Waals surface area contributed by atoms with E-state index in [0.29, 0.717) is 12.1 Å². The number of anilines is 1. The average Bonchev–Trinajstić information content (AvgIpc) is 2.54. The molecule has 0 fully saturated rings. The molecule has 0 N–H and O–H groups in total. The molecule has 100 valence electrons. The maximum absolute atomic E-state index is 12.4. The zero-order valence-corrected chi connectivity index (χ0v) is 11.1. The van der Waals surface area contributed by atoms with E-state index in [1.807, 2.05) is 30.3 Å². The van der Waals surface area contributed by atoms with E-state index in [-0.39, 0.29) is 0 Å². The number of fused-ring (bicyclic) bond motifs is 1. The maximum atomic E-state index is 12.4. The lowest BCUT2D eigenvalue weighted by atomic mass is 10.0. The van der Waals surface area contributed by atoms with Crippen LogP contribution in [0.15, 0.2) is 54.6 Å². The number of para-hydroxylation sites is 1. The second-order valence-corrected chi connectivity index (χ2v) is 4.88. The van der Waals surface area contributed by atoms with E-state index in [1.54, 1.807) is 29.2 Å². The number of carbonyl (C=O) groups excluding carboxylic acids is 2. The summed E-state index contributed by atoms with van der Waals surface area (Å²) in [6.45, 7) is 0.606. The average molecular weight is 265 g/mol. The van der Waals surface area contributed by atoms with E-state index in [1.165, 1.54) is 0 Å². The summed E-state index contributed by atoms with van der Waals surface area (Å²) in [5, 5.41) is 0. The number of benzene rings is 2. The predicted octanol–water partition coefficient (Wildman–Crippen LogP) is 2.85. The normalized spacial score (nSPS) is 13.7. The van der Waals surface area contributed by atoms with E-state index >= 15 is 0 Å². The van der Waals surface area contributed by atoms with Crippen LogP contribution in [0.2, 0.25) is 0 Å². The second-order valence-electron chi connectivity index (χ2n) is 4.88. The minimum Gasteiger partial charge on any atom is -0.305 e. The van der Waals surface area contributed by atoms with Crippen molar-refractivity contribution in [2.24, 2.45) is 0 Å². The molecule has 2 aromatic rings. The molecule has 1 aliphatic rings. The summed E-state index contributed by atoms with van der Waals surface area (Å²) in [5.74, 6) is -0.884. The molecule has 3 heteroatoms. The highest BCUT2D eigenvalue weighted by Gasteiger charge is 2.27. The number of ketones is 1. The van der Waals surface area contributed by atoms with E-state index in [0.717, 1.165) is 24.1 Å². The van der Waals surface area contributed by atoms with Crippen LogP contribution in [0.5, 0.6) is 0 Å². The molecule has 0 spiro atoms. The third-order valence-corrected chi connectivity index (χ3v) is 3.59. The van der Waals surface area contributed by atoms with Gasteiger partial charge in [-0.2, -0.15) is 0 Å². The van der Waals surface area contributed by atoms with Crippen LogP contribution in [0.4, 0.5) is 5.69 Å². The molecule has 0 saturated heterocycles. The molecule has 0 aliphatic carbocycles. The van der Waals surface area contributed by atoms with Crippen molar-refractivity contribution in [1.82, 2.24) is 0 Å². The van der Waals surface area contributed by atoms with Gasteiger partial charge < -0.3 is 4.90 Å². The van der Waals surface area contributed by atoms with E-state index in [2.05, 4.69) is 0 Å². The Morgan fingerprint density at radius 2 is 1.60 bits per heavy atom. The Hall–Kier alpha value is -2.42. The number of aryl methyl sites for hydroxylation is 1. The molecule has 2 aromatic carbocycles. The molecule has 1 aliphatic heterocycles. The molecule has 0 aromatic heterocycles. The van der Waals surface area contributed by atoms with Crippen molar-refractivity contribution >= 4 is 17.4 Å². The smallest absolute Gasteiger partial charge is 0.299 e. The Morgan fingerprint density at radius 1 is 0.900 bits per heavy atom. The lowest BCUT2D eigenvalue weighted by Crippen LogP contribution is -2.40. The summed E-state index contributed by atoms with van der Waals surface area (Å²) in [5.41, 5.74) is 2.45. The first kappa shape index (κ1) is 12.6. The van der Waals surface area contributed by atoms with Crippen molar-refractivity contribution in [2.45, 2.75) is 12.8 Å². The van der Waals surface area contributed by atoms with Gasteiger partial charge in [0.2, 0.25) is 0 Å². The summed E-state index contributed by atoms with van der Waals surface area (Å²) in [7, 11) is 0. The Bertz CT molecular complexity index is 649. The molecule has 0 atom stereocenters. The van der Waals surface area contributed by atoms with Gasteiger partial charge in [-0.3, -0.25) is 9.59 Å². The SMILES string of the molecule is O=C(C(=O)N1CCCc2ccccc21)c1ccccc1. The van der Waals surface area contributed by atoms with Crippen LogP contribution in [0.1, 0.15) is 22.3 Å². The fourth-order valence-corrected chi connectivity index (χ4v) is 2.58. The highest BCUT2D eigenvalue weighted by Crippen LogP contribution is 2.27. The molecule has 0 saturated carbocycles. The van der Waals surface area contributed by atoms with Gasteiger partial charge in [0.1, 0.15) is 0 Å². The fourth-order valence-electron chi connectivity index (χ4n) is 2.58. The van der Waals surface area contributed by atoms with Crippen molar-refractivity contribution in [3.8, 4) is 0 Å². The van der Waals surface area contributed by atoms with Crippen LogP contribution in [-0.4, -0.2) is 18.2 Å². The molecular weight excluding hydrogens is 250 g/mol. The monoisotopic (exact) mass is 265 g/mol. The number of amides is 1. The quantitative estimate of drug-likeness (QED) is 0.618. The molecule has 3 nitrogen and oxygen atoms in total.